The number of sulfonamides is 1. The second-order valence-corrected chi connectivity index (χ2v) is 9.68. The SMILES string of the molecule is CCCCn1c(COC(=O)[C@@H]2C[C@H]3CC[C@H]2C3)nc2cc(S(N)(=O)=O)ccc21. The van der Waals surface area contributed by atoms with E-state index in [1.54, 1.807) is 6.07 Å². The molecule has 0 spiro atoms. The van der Waals surface area contributed by atoms with Crippen LogP contribution in [-0.2, 0) is 32.7 Å². The van der Waals surface area contributed by atoms with Crippen LogP contribution in [0.25, 0.3) is 11.0 Å². The number of hydrogen-bond acceptors (Lipinski definition) is 5. The van der Waals surface area contributed by atoms with Crippen molar-refractivity contribution in [2.24, 2.45) is 22.9 Å². The molecule has 0 unspecified atom stereocenters. The van der Waals surface area contributed by atoms with Crippen LogP contribution in [0.1, 0.15) is 51.3 Å². The van der Waals surface area contributed by atoms with Crippen LogP contribution in [0.4, 0.5) is 0 Å². The number of benzene rings is 1. The van der Waals surface area contributed by atoms with Gasteiger partial charge in [0.15, 0.2) is 0 Å². The molecule has 0 saturated heterocycles. The summed E-state index contributed by atoms with van der Waals surface area (Å²) < 4.78 is 30.9. The summed E-state index contributed by atoms with van der Waals surface area (Å²) in [6.45, 7) is 2.95. The molecule has 1 aromatic carbocycles. The van der Waals surface area contributed by atoms with Gasteiger partial charge in [-0.15, -0.1) is 0 Å². The van der Waals surface area contributed by atoms with Crippen LogP contribution >= 0.6 is 0 Å². The zero-order valence-electron chi connectivity index (χ0n) is 16.1. The standard InChI is InChI=1S/C20H27N3O4S/c1-2-3-8-23-18-7-6-15(28(21,25)26)11-17(18)22-19(23)12-27-20(24)16-10-13-4-5-14(16)9-13/h6-7,11,13-14,16H,2-5,8-10,12H2,1H3,(H2,21,25,26)/t13-,14-,16+/m0/s1. The van der Waals surface area contributed by atoms with Crippen LogP contribution in [0, 0.1) is 17.8 Å². The fraction of sp³-hybridized carbons (Fsp3) is 0.600. The van der Waals surface area contributed by atoms with Crippen molar-refractivity contribution in [2.75, 3.05) is 0 Å². The average Bonchev–Trinajstić information content (AvgIpc) is 3.37. The zero-order chi connectivity index (χ0) is 19.9. The van der Waals surface area contributed by atoms with E-state index >= 15 is 0 Å². The molecule has 2 aliphatic rings. The van der Waals surface area contributed by atoms with E-state index in [2.05, 4.69) is 11.9 Å². The monoisotopic (exact) mass is 405 g/mol. The smallest absolute Gasteiger partial charge is 0.309 e. The van der Waals surface area contributed by atoms with E-state index in [0.717, 1.165) is 44.2 Å². The summed E-state index contributed by atoms with van der Waals surface area (Å²) >= 11 is 0. The first-order chi connectivity index (χ1) is 13.4. The lowest BCUT2D eigenvalue weighted by atomic mass is 9.89. The molecule has 3 atom stereocenters. The van der Waals surface area contributed by atoms with E-state index in [4.69, 9.17) is 9.88 Å². The Morgan fingerprint density at radius 2 is 2.14 bits per heavy atom. The summed E-state index contributed by atoms with van der Waals surface area (Å²) in [5.41, 5.74) is 1.38. The van der Waals surface area contributed by atoms with Gasteiger partial charge in [-0.1, -0.05) is 19.8 Å². The first-order valence-corrected chi connectivity index (χ1v) is 11.6. The summed E-state index contributed by atoms with van der Waals surface area (Å²) in [6, 6.07) is 4.69. The predicted molar refractivity (Wildman–Crippen MR) is 105 cm³/mol. The zero-order valence-corrected chi connectivity index (χ0v) is 17.0. The molecule has 2 aliphatic carbocycles. The highest BCUT2D eigenvalue weighted by Crippen LogP contribution is 2.48. The van der Waals surface area contributed by atoms with Crippen molar-refractivity contribution < 1.29 is 17.9 Å². The number of esters is 1. The Kier molecular flexibility index (Phi) is 5.18. The van der Waals surface area contributed by atoms with Crippen LogP contribution in [0.3, 0.4) is 0 Å². The summed E-state index contributed by atoms with van der Waals surface area (Å²) in [7, 11) is -3.79. The number of carbonyl (C=O) groups excluding carboxylic acids is 1. The highest BCUT2D eigenvalue weighted by molar-refractivity contribution is 7.89. The quantitative estimate of drug-likeness (QED) is 0.713. The number of nitrogens with zero attached hydrogens (tertiary/aromatic N) is 2. The van der Waals surface area contributed by atoms with Crippen molar-refractivity contribution in [2.45, 2.75) is 63.5 Å². The summed E-state index contributed by atoms with van der Waals surface area (Å²) in [4.78, 5) is 17.2. The van der Waals surface area contributed by atoms with Crippen molar-refractivity contribution >= 4 is 27.0 Å². The lowest BCUT2D eigenvalue weighted by molar-refractivity contribution is -0.152. The topological polar surface area (TPSA) is 104 Å². The van der Waals surface area contributed by atoms with Gasteiger partial charge in [-0.2, -0.15) is 0 Å². The number of unbranched alkanes of at least 4 members (excludes halogenated alkanes) is 1. The molecule has 0 radical (unpaired) electrons. The Bertz CT molecular complexity index is 998. The number of carbonyl (C=O) groups is 1. The molecule has 28 heavy (non-hydrogen) atoms. The van der Waals surface area contributed by atoms with Crippen LogP contribution in [0.15, 0.2) is 23.1 Å². The molecule has 152 valence electrons. The summed E-state index contributed by atoms with van der Waals surface area (Å²) in [5.74, 6) is 1.72. The number of primary sulfonamides is 1. The van der Waals surface area contributed by atoms with Gasteiger partial charge in [0, 0.05) is 6.54 Å². The van der Waals surface area contributed by atoms with Gasteiger partial charge >= 0.3 is 5.97 Å². The van der Waals surface area contributed by atoms with E-state index in [1.807, 2.05) is 4.57 Å². The molecular weight excluding hydrogens is 378 g/mol. The van der Waals surface area contributed by atoms with Crippen molar-refractivity contribution in [3.8, 4) is 0 Å². The van der Waals surface area contributed by atoms with Gasteiger partial charge in [0.2, 0.25) is 10.0 Å². The molecule has 2 fully saturated rings. The van der Waals surface area contributed by atoms with Crippen LogP contribution in [0.5, 0.6) is 0 Å². The van der Waals surface area contributed by atoms with Crippen molar-refractivity contribution in [1.82, 2.24) is 9.55 Å². The van der Waals surface area contributed by atoms with Crippen molar-refractivity contribution in [1.29, 1.82) is 0 Å². The fourth-order valence-electron chi connectivity index (χ4n) is 4.79. The minimum atomic E-state index is -3.79. The second kappa shape index (κ2) is 7.48. The maximum absolute atomic E-state index is 12.6. The number of aromatic nitrogens is 2. The van der Waals surface area contributed by atoms with Crippen LogP contribution in [-0.4, -0.2) is 23.9 Å². The third-order valence-corrected chi connectivity index (χ3v) is 7.16. The van der Waals surface area contributed by atoms with Gasteiger partial charge < -0.3 is 9.30 Å². The molecular formula is C20H27N3O4S. The van der Waals surface area contributed by atoms with Gasteiger partial charge in [0.1, 0.15) is 12.4 Å². The third kappa shape index (κ3) is 3.67. The summed E-state index contributed by atoms with van der Waals surface area (Å²) in [5, 5.41) is 5.24. The maximum atomic E-state index is 12.6. The first kappa shape index (κ1) is 19.4. The minimum absolute atomic E-state index is 0.0289. The van der Waals surface area contributed by atoms with E-state index in [1.165, 1.54) is 18.6 Å². The first-order valence-electron chi connectivity index (χ1n) is 10.1. The molecule has 8 heteroatoms. The molecule has 1 aromatic heterocycles. The van der Waals surface area contributed by atoms with Crippen LogP contribution in [0.2, 0.25) is 0 Å². The fourth-order valence-corrected chi connectivity index (χ4v) is 5.32. The summed E-state index contributed by atoms with van der Waals surface area (Å²) in [6.07, 6.45) is 6.46. The second-order valence-electron chi connectivity index (χ2n) is 8.12. The Hall–Kier alpha value is -1.93. The van der Waals surface area contributed by atoms with Gasteiger partial charge in [0.25, 0.3) is 0 Å². The molecule has 0 aliphatic heterocycles. The average molecular weight is 406 g/mol. The highest BCUT2D eigenvalue weighted by Gasteiger charge is 2.44. The van der Waals surface area contributed by atoms with E-state index in [0.29, 0.717) is 23.2 Å². The molecule has 1 heterocycles. The molecule has 2 aromatic rings. The number of nitrogens with two attached hydrogens (primary N) is 1. The number of hydrogen-bond donors (Lipinski definition) is 1. The van der Waals surface area contributed by atoms with Gasteiger partial charge in [0.05, 0.1) is 21.8 Å². The largest absolute Gasteiger partial charge is 0.457 e. The maximum Gasteiger partial charge on any atom is 0.309 e. The number of rotatable bonds is 7. The molecule has 2 N–H and O–H groups in total. The number of ether oxygens (including phenoxy) is 1. The number of fused-ring (bicyclic) bond motifs is 3. The third-order valence-electron chi connectivity index (χ3n) is 6.25. The Labute approximate surface area is 165 Å². The Morgan fingerprint density at radius 1 is 1.32 bits per heavy atom. The molecule has 2 bridgehead atoms. The van der Waals surface area contributed by atoms with E-state index in [-0.39, 0.29) is 23.4 Å². The molecule has 4 rings (SSSR count). The predicted octanol–water partition coefficient (Wildman–Crippen LogP) is 2.96. The van der Waals surface area contributed by atoms with Crippen molar-refractivity contribution in [3.05, 3.63) is 24.0 Å². The van der Waals surface area contributed by atoms with Gasteiger partial charge in [-0.25, -0.2) is 18.5 Å². The molecule has 0 amide bonds. The lowest BCUT2D eigenvalue weighted by Gasteiger charge is -2.20. The molecule has 2 saturated carbocycles. The lowest BCUT2D eigenvalue weighted by Crippen LogP contribution is -2.23. The minimum Gasteiger partial charge on any atom is -0.457 e. The Balaban J connectivity index is 1.56. The van der Waals surface area contributed by atoms with E-state index < -0.39 is 10.0 Å². The van der Waals surface area contributed by atoms with Gasteiger partial charge in [-0.05, 0) is 55.7 Å². The molecule has 7 nitrogen and oxygen atoms in total. The van der Waals surface area contributed by atoms with E-state index in [9.17, 15) is 13.2 Å². The number of imidazole rings is 1. The Morgan fingerprint density at radius 3 is 2.79 bits per heavy atom. The normalized spacial score (nSPS) is 24.1. The van der Waals surface area contributed by atoms with Crippen molar-refractivity contribution in [3.63, 3.8) is 0 Å². The highest BCUT2D eigenvalue weighted by atomic mass is 32.2. The number of aryl methyl sites for hydroxylation is 1. The van der Waals surface area contributed by atoms with Crippen LogP contribution < -0.4 is 5.14 Å². The van der Waals surface area contributed by atoms with Gasteiger partial charge in [-0.3, -0.25) is 4.79 Å².